The van der Waals surface area contributed by atoms with Gasteiger partial charge in [-0.15, -0.1) is 10.2 Å². The first-order valence-corrected chi connectivity index (χ1v) is 11.3. The van der Waals surface area contributed by atoms with Crippen LogP contribution in [-0.2, 0) is 11.8 Å². The molecule has 1 heterocycles. The SMILES string of the molecule is Cn1c(SCC(=O)Nc2ccccc2[N+](=O)[O-])nnc1-c1ccc(OC2CCCC2)cc1. The molecular formula is C22H23N5O4S. The van der Waals surface area contributed by atoms with Gasteiger partial charge >= 0.3 is 0 Å². The fraction of sp³-hybridized carbons (Fsp3) is 0.318. The molecule has 0 saturated heterocycles. The number of nitro benzene ring substituents is 1. The standard InChI is InChI=1S/C22H23N5O4S/c1-26-21(15-10-12-17(13-11-15)31-16-6-2-3-7-16)24-25-22(26)32-14-20(28)23-18-8-4-5-9-19(18)27(29)30/h4-5,8-13,16H,2-3,6-7,14H2,1H3,(H,23,28). The number of aromatic nitrogens is 3. The van der Waals surface area contributed by atoms with E-state index in [9.17, 15) is 14.9 Å². The van der Waals surface area contributed by atoms with Crippen molar-refractivity contribution in [2.24, 2.45) is 7.05 Å². The molecule has 2 aromatic carbocycles. The van der Waals surface area contributed by atoms with E-state index in [1.54, 1.807) is 12.1 Å². The van der Waals surface area contributed by atoms with Crippen LogP contribution in [0.5, 0.6) is 5.75 Å². The molecule has 0 atom stereocenters. The maximum Gasteiger partial charge on any atom is 0.292 e. The number of nitrogens with zero attached hydrogens (tertiary/aromatic N) is 4. The summed E-state index contributed by atoms with van der Waals surface area (Å²) >= 11 is 1.21. The van der Waals surface area contributed by atoms with Crippen molar-refractivity contribution >= 4 is 29.0 Å². The third-order valence-corrected chi connectivity index (χ3v) is 6.28. The Hall–Kier alpha value is -3.40. The highest BCUT2D eigenvalue weighted by molar-refractivity contribution is 7.99. The van der Waals surface area contributed by atoms with E-state index in [1.807, 2.05) is 35.9 Å². The normalized spacial score (nSPS) is 13.8. The van der Waals surface area contributed by atoms with Gasteiger partial charge in [-0.2, -0.15) is 0 Å². The maximum absolute atomic E-state index is 12.3. The van der Waals surface area contributed by atoms with Crippen LogP contribution in [0.4, 0.5) is 11.4 Å². The van der Waals surface area contributed by atoms with Gasteiger partial charge < -0.3 is 14.6 Å². The Balaban J connectivity index is 1.37. The van der Waals surface area contributed by atoms with Gasteiger partial charge in [0.25, 0.3) is 5.69 Å². The second kappa shape index (κ2) is 9.82. The highest BCUT2D eigenvalue weighted by atomic mass is 32.2. The van der Waals surface area contributed by atoms with Crippen molar-refractivity contribution in [2.45, 2.75) is 36.9 Å². The lowest BCUT2D eigenvalue weighted by molar-refractivity contribution is -0.383. The van der Waals surface area contributed by atoms with Crippen LogP contribution in [0.15, 0.2) is 53.7 Å². The molecule has 1 N–H and O–H groups in total. The number of hydrogen-bond acceptors (Lipinski definition) is 7. The van der Waals surface area contributed by atoms with Crippen molar-refractivity contribution in [3.8, 4) is 17.1 Å². The number of ether oxygens (including phenoxy) is 1. The Bertz CT molecular complexity index is 1110. The molecule has 1 aromatic heterocycles. The van der Waals surface area contributed by atoms with Gasteiger partial charge in [0.15, 0.2) is 11.0 Å². The van der Waals surface area contributed by atoms with E-state index < -0.39 is 4.92 Å². The topological polar surface area (TPSA) is 112 Å². The van der Waals surface area contributed by atoms with Crippen molar-refractivity contribution < 1.29 is 14.5 Å². The maximum atomic E-state index is 12.3. The van der Waals surface area contributed by atoms with Gasteiger partial charge in [0.1, 0.15) is 11.4 Å². The first kappa shape index (κ1) is 21.8. The molecule has 166 valence electrons. The van der Waals surface area contributed by atoms with Crippen LogP contribution >= 0.6 is 11.8 Å². The summed E-state index contributed by atoms with van der Waals surface area (Å²) in [7, 11) is 1.83. The number of anilines is 1. The van der Waals surface area contributed by atoms with E-state index in [-0.39, 0.29) is 23.0 Å². The molecule has 0 bridgehead atoms. The molecule has 10 heteroatoms. The van der Waals surface area contributed by atoms with Crippen LogP contribution < -0.4 is 10.1 Å². The fourth-order valence-electron chi connectivity index (χ4n) is 3.63. The lowest BCUT2D eigenvalue weighted by Gasteiger charge is -2.13. The van der Waals surface area contributed by atoms with E-state index in [4.69, 9.17) is 4.74 Å². The number of rotatable bonds is 8. The number of nitrogens with one attached hydrogen (secondary N) is 1. The van der Waals surface area contributed by atoms with Gasteiger partial charge in [0.2, 0.25) is 5.91 Å². The molecular weight excluding hydrogens is 430 g/mol. The summed E-state index contributed by atoms with van der Waals surface area (Å²) in [5.41, 5.74) is 0.920. The average molecular weight is 454 g/mol. The number of carbonyl (C=O) groups excluding carboxylic acids is 1. The van der Waals surface area contributed by atoms with Crippen molar-refractivity contribution in [3.05, 3.63) is 58.6 Å². The highest BCUT2D eigenvalue weighted by Crippen LogP contribution is 2.28. The second-order valence-corrected chi connectivity index (χ2v) is 8.47. The van der Waals surface area contributed by atoms with E-state index in [0.717, 1.165) is 24.2 Å². The molecule has 0 aliphatic heterocycles. The number of carbonyl (C=O) groups is 1. The molecule has 0 radical (unpaired) electrons. The van der Waals surface area contributed by atoms with Crippen LogP contribution in [0, 0.1) is 10.1 Å². The lowest BCUT2D eigenvalue weighted by Crippen LogP contribution is -2.15. The number of para-hydroxylation sites is 2. The minimum Gasteiger partial charge on any atom is -0.490 e. The van der Waals surface area contributed by atoms with Crippen molar-refractivity contribution in [1.29, 1.82) is 0 Å². The predicted molar refractivity (Wildman–Crippen MR) is 122 cm³/mol. The van der Waals surface area contributed by atoms with Crippen molar-refractivity contribution in [1.82, 2.24) is 14.8 Å². The molecule has 32 heavy (non-hydrogen) atoms. The molecule has 0 unspecified atom stereocenters. The quantitative estimate of drug-likeness (QED) is 0.305. The summed E-state index contributed by atoms with van der Waals surface area (Å²) in [6, 6.07) is 13.8. The van der Waals surface area contributed by atoms with Gasteiger partial charge in [-0.05, 0) is 56.0 Å². The van der Waals surface area contributed by atoms with Gasteiger partial charge in [-0.1, -0.05) is 23.9 Å². The average Bonchev–Trinajstić information content (AvgIpc) is 3.43. The van der Waals surface area contributed by atoms with Crippen LogP contribution in [0.25, 0.3) is 11.4 Å². The van der Waals surface area contributed by atoms with E-state index >= 15 is 0 Å². The zero-order valence-electron chi connectivity index (χ0n) is 17.6. The van der Waals surface area contributed by atoms with Gasteiger partial charge in [0.05, 0.1) is 16.8 Å². The number of amides is 1. The van der Waals surface area contributed by atoms with E-state index in [0.29, 0.717) is 17.1 Å². The zero-order chi connectivity index (χ0) is 22.5. The van der Waals surface area contributed by atoms with Crippen LogP contribution in [0.1, 0.15) is 25.7 Å². The van der Waals surface area contributed by atoms with Crippen LogP contribution in [0.3, 0.4) is 0 Å². The third kappa shape index (κ3) is 5.08. The molecule has 0 spiro atoms. The van der Waals surface area contributed by atoms with Crippen LogP contribution in [0.2, 0.25) is 0 Å². The molecule has 1 fully saturated rings. The Kier molecular flexibility index (Phi) is 6.69. The largest absolute Gasteiger partial charge is 0.490 e. The molecule has 1 aliphatic carbocycles. The second-order valence-electron chi connectivity index (χ2n) is 7.53. The first-order valence-electron chi connectivity index (χ1n) is 10.3. The minimum absolute atomic E-state index is 0.0478. The summed E-state index contributed by atoms with van der Waals surface area (Å²) in [5, 5.41) is 22.7. The predicted octanol–water partition coefficient (Wildman–Crippen LogP) is 4.44. The minimum atomic E-state index is -0.526. The smallest absolute Gasteiger partial charge is 0.292 e. The Morgan fingerprint density at radius 3 is 2.62 bits per heavy atom. The molecule has 9 nitrogen and oxygen atoms in total. The zero-order valence-corrected chi connectivity index (χ0v) is 18.4. The monoisotopic (exact) mass is 453 g/mol. The Morgan fingerprint density at radius 1 is 1.19 bits per heavy atom. The summed E-state index contributed by atoms with van der Waals surface area (Å²) in [5.74, 6) is 1.22. The van der Waals surface area contributed by atoms with E-state index in [2.05, 4.69) is 15.5 Å². The summed E-state index contributed by atoms with van der Waals surface area (Å²) in [4.78, 5) is 22.9. The molecule has 4 rings (SSSR count). The van der Waals surface area contributed by atoms with Crippen molar-refractivity contribution in [3.63, 3.8) is 0 Å². The molecule has 3 aromatic rings. The molecule has 1 amide bonds. The first-order chi connectivity index (χ1) is 15.5. The molecule has 1 aliphatic rings. The van der Waals surface area contributed by atoms with Gasteiger partial charge in [0, 0.05) is 18.7 Å². The number of benzene rings is 2. The van der Waals surface area contributed by atoms with Crippen LogP contribution in [-0.4, -0.2) is 37.5 Å². The molecule has 1 saturated carbocycles. The number of thioether (sulfide) groups is 1. The fourth-order valence-corrected chi connectivity index (χ4v) is 4.34. The highest BCUT2D eigenvalue weighted by Gasteiger charge is 2.18. The Morgan fingerprint density at radius 2 is 1.91 bits per heavy atom. The van der Waals surface area contributed by atoms with E-state index in [1.165, 1.54) is 36.7 Å². The summed E-state index contributed by atoms with van der Waals surface area (Å²) < 4.78 is 7.82. The van der Waals surface area contributed by atoms with Gasteiger partial charge in [-0.3, -0.25) is 14.9 Å². The van der Waals surface area contributed by atoms with Crippen molar-refractivity contribution in [2.75, 3.05) is 11.1 Å². The lowest BCUT2D eigenvalue weighted by atomic mass is 10.2. The van der Waals surface area contributed by atoms with Gasteiger partial charge in [-0.25, -0.2) is 0 Å². The summed E-state index contributed by atoms with van der Waals surface area (Å²) in [6.07, 6.45) is 4.97. The number of nitro groups is 1. The Labute approximate surface area is 189 Å². The third-order valence-electron chi connectivity index (χ3n) is 5.26. The number of hydrogen-bond donors (Lipinski definition) is 1. The summed E-state index contributed by atoms with van der Waals surface area (Å²) in [6.45, 7) is 0.